The van der Waals surface area contributed by atoms with Gasteiger partial charge in [0.25, 0.3) is 0 Å². The van der Waals surface area contributed by atoms with E-state index in [2.05, 4.69) is 9.47 Å². The van der Waals surface area contributed by atoms with Gasteiger partial charge in [-0.05, 0) is 12.8 Å². The van der Waals surface area contributed by atoms with E-state index in [0.717, 1.165) is 0 Å². The summed E-state index contributed by atoms with van der Waals surface area (Å²) < 4.78 is 9.03. The molecule has 0 aliphatic heterocycles. The average molecular weight is 200 g/mol. The maximum absolute atomic E-state index is 11.0. The van der Waals surface area contributed by atoms with Crippen molar-refractivity contribution in [3.63, 3.8) is 0 Å². The Balaban J connectivity index is 4.15. The molecule has 0 radical (unpaired) electrons. The highest BCUT2D eigenvalue weighted by Crippen LogP contribution is 2.12. The van der Waals surface area contributed by atoms with E-state index < -0.39 is 0 Å². The second-order valence-electron chi connectivity index (χ2n) is 2.85. The fourth-order valence-corrected chi connectivity index (χ4v) is 1.08. The van der Waals surface area contributed by atoms with Crippen LogP contribution in [-0.2, 0) is 19.1 Å². The number of carbonyl (C=O) groups excluding carboxylic acids is 2. The predicted octanol–water partition coefficient (Wildman–Crippen LogP) is 1.30. The largest absolute Gasteiger partial charge is 0.469 e. The van der Waals surface area contributed by atoms with Crippen molar-refractivity contribution in [1.29, 1.82) is 0 Å². The van der Waals surface area contributed by atoms with Crippen LogP contribution in [0.4, 0.5) is 0 Å². The van der Waals surface area contributed by atoms with Crippen molar-refractivity contribution in [3.05, 3.63) is 12.2 Å². The molecule has 0 N–H and O–H groups in total. The first kappa shape index (κ1) is 12.7. The third-order valence-corrected chi connectivity index (χ3v) is 1.78. The SMILES string of the molecule is C/C=C\C(CC(=O)OC)CC(=O)OC. The zero-order valence-corrected chi connectivity index (χ0v) is 8.78. The van der Waals surface area contributed by atoms with Crippen molar-refractivity contribution in [1.82, 2.24) is 0 Å². The lowest BCUT2D eigenvalue weighted by atomic mass is 10.0. The number of hydrogen-bond donors (Lipinski definition) is 0. The van der Waals surface area contributed by atoms with Gasteiger partial charge in [-0.25, -0.2) is 0 Å². The van der Waals surface area contributed by atoms with E-state index in [0.29, 0.717) is 0 Å². The fraction of sp³-hybridized carbons (Fsp3) is 0.600. The highest BCUT2D eigenvalue weighted by Gasteiger charge is 2.15. The Morgan fingerprint density at radius 1 is 1.14 bits per heavy atom. The third-order valence-electron chi connectivity index (χ3n) is 1.78. The van der Waals surface area contributed by atoms with Crippen LogP contribution in [0.25, 0.3) is 0 Å². The first-order chi connectivity index (χ1) is 6.63. The zero-order chi connectivity index (χ0) is 11.0. The second kappa shape index (κ2) is 7.12. The summed E-state index contributed by atoms with van der Waals surface area (Å²) in [5, 5.41) is 0. The van der Waals surface area contributed by atoms with Gasteiger partial charge in [-0.2, -0.15) is 0 Å². The first-order valence-corrected chi connectivity index (χ1v) is 4.40. The standard InChI is InChI=1S/C10H16O4/c1-4-5-8(6-9(11)13-2)7-10(12)14-3/h4-5,8H,6-7H2,1-3H3/b5-4-. The maximum atomic E-state index is 11.0. The molecule has 0 amide bonds. The number of carbonyl (C=O) groups is 2. The molecule has 4 nitrogen and oxygen atoms in total. The molecule has 0 fully saturated rings. The molecular formula is C10H16O4. The van der Waals surface area contributed by atoms with Crippen molar-refractivity contribution >= 4 is 11.9 Å². The minimum absolute atomic E-state index is 0.139. The maximum Gasteiger partial charge on any atom is 0.306 e. The quantitative estimate of drug-likeness (QED) is 0.496. The molecule has 0 aliphatic carbocycles. The Hall–Kier alpha value is -1.32. The lowest BCUT2D eigenvalue weighted by molar-refractivity contribution is -0.143. The first-order valence-electron chi connectivity index (χ1n) is 4.40. The molecule has 14 heavy (non-hydrogen) atoms. The van der Waals surface area contributed by atoms with Crippen molar-refractivity contribution in [2.24, 2.45) is 5.92 Å². The highest BCUT2D eigenvalue weighted by molar-refractivity contribution is 5.73. The summed E-state index contributed by atoms with van der Waals surface area (Å²) in [6, 6.07) is 0. The number of hydrogen-bond acceptors (Lipinski definition) is 4. The summed E-state index contributed by atoms with van der Waals surface area (Å²) in [6.07, 6.45) is 4.01. The Kier molecular flexibility index (Phi) is 6.45. The van der Waals surface area contributed by atoms with Crippen LogP contribution in [0.1, 0.15) is 19.8 Å². The van der Waals surface area contributed by atoms with E-state index in [9.17, 15) is 9.59 Å². The van der Waals surface area contributed by atoms with Crippen LogP contribution in [0, 0.1) is 5.92 Å². The van der Waals surface area contributed by atoms with E-state index >= 15 is 0 Å². The van der Waals surface area contributed by atoms with E-state index in [1.165, 1.54) is 14.2 Å². The number of rotatable bonds is 5. The highest BCUT2D eigenvalue weighted by atomic mass is 16.5. The van der Waals surface area contributed by atoms with Crippen LogP contribution in [0.15, 0.2) is 12.2 Å². The molecule has 0 heterocycles. The topological polar surface area (TPSA) is 52.6 Å². The lowest BCUT2D eigenvalue weighted by Crippen LogP contribution is -2.13. The molecule has 0 spiro atoms. The van der Waals surface area contributed by atoms with Crippen LogP contribution >= 0.6 is 0 Å². The molecule has 0 rings (SSSR count). The number of esters is 2. The van der Waals surface area contributed by atoms with Gasteiger partial charge < -0.3 is 9.47 Å². The molecule has 0 aliphatic rings. The molecule has 4 heteroatoms. The van der Waals surface area contributed by atoms with Crippen LogP contribution < -0.4 is 0 Å². The summed E-state index contributed by atoms with van der Waals surface area (Å²) >= 11 is 0. The monoisotopic (exact) mass is 200 g/mol. The summed E-state index contributed by atoms with van der Waals surface area (Å²) in [6.45, 7) is 1.83. The molecule has 0 atom stereocenters. The van der Waals surface area contributed by atoms with Crippen LogP contribution in [0.3, 0.4) is 0 Å². The minimum atomic E-state index is -0.322. The Morgan fingerprint density at radius 3 is 1.86 bits per heavy atom. The van der Waals surface area contributed by atoms with Crippen LogP contribution in [0.2, 0.25) is 0 Å². The molecular weight excluding hydrogens is 184 g/mol. The van der Waals surface area contributed by atoms with Crippen molar-refractivity contribution < 1.29 is 19.1 Å². The molecule has 0 unspecified atom stereocenters. The van der Waals surface area contributed by atoms with Crippen LogP contribution in [0.5, 0.6) is 0 Å². The summed E-state index contributed by atoms with van der Waals surface area (Å²) in [7, 11) is 2.65. The van der Waals surface area contributed by atoms with Crippen LogP contribution in [-0.4, -0.2) is 26.2 Å². The van der Waals surface area contributed by atoms with Crippen molar-refractivity contribution in [3.8, 4) is 0 Å². The molecule has 0 aromatic rings. The molecule has 0 aromatic carbocycles. The van der Waals surface area contributed by atoms with Gasteiger partial charge in [0.15, 0.2) is 0 Å². The van der Waals surface area contributed by atoms with Gasteiger partial charge in [-0.1, -0.05) is 12.2 Å². The fourth-order valence-electron chi connectivity index (χ4n) is 1.08. The average Bonchev–Trinajstić information content (AvgIpc) is 2.17. The summed E-state index contributed by atoms with van der Waals surface area (Å²) in [4.78, 5) is 21.9. The van der Waals surface area contributed by atoms with E-state index in [4.69, 9.17) is 0 Å². The van der Waals surface area contributed by atoms with Gasteiger partial charge in [0.2, 0.25) is 0 Å². The number of allylic oxidation sites excluding steroid dienone is 2. The zero-order valence-electron chi connectivity index (χ0n) is 8.78. The third kappa shape index (κ3) is 5.35. The number of methoxy groups -OCH3 is 2. The van der Waals surface area contributed by atoms with E-state index in [1.807, 2.05) is 6.92 Å². The smallest absolute Gasteiger partial charge is 0.306 e. The Labute approximate surface area is 83.9 Å². The molecule has 0 saturated carbocycles. The van der Waals surface area contributed by atoms with Crippen molar-refractivity contribution in [2.75, 3.05) is 14.2 Å². The molecule has 0 saturated heterocycles. The molecule has 0 bridgehead atoms. The molecule has 80 valence electrons. The van der Waals surface area contributed by atoms with Crippen molar-refractivity contribution in [2.45, 2.75) is 19.8 Å². The van der Waals surface area contributed by atoms with E-state index in [1.54, 1.807) is 12.2 Å². The van der Waals surface area contributed by atoms with Gasteiger partial charge >= 0.3 is 11.9 Å². The summed E-state index contributed by atoms with van der Waals surface area (Å²) in [5.41, 5.74) is 0. The van der Waals surface area contributed by atoms with Gasteiger partial charge in [0.1, 0.15) is 0 Å². The van der Waals surface area contributed by atoms with Gasteiger partial charge in [0.05, 0.1) is 27.1 Å². The summed E-state index contributed by atoms with van der Waals surface area (Å²) in [5.74, 6) is -0.783. The lowest BCUT2D eigenvalue weighted by Gasteiger charge is -2.09. The Morgan fingerprint density at radius 2 is 1.57 bits per heavy atom. The molecule has 0 aromatic heterocycles. The second-order valence-corrected chi connectivity index (χ2v) is 2.85. The van der Waals surface area contributed by atoms with Gasteiger partial charge in [0, 0.05) is 0 Å². The van der Waals surface area contributed by atoms with Gasteiger partial charge in [-0.15, -0.1) is 0 Å². The van der Waals surface area contributed by atoms with Gasteiger partial charge in [-0.3, -0.25) is 9.59 Å². The normalized spacial score (nSPS) is 10.6. The Bertz CT molecular complexity index is 202. The minimum Gasteiger partial charge on any atom is -0.469 e. The number of ether oxygens (including phenoxy) is 2. The predicted molar refractivity (Wildman–Crippen MR) is 51.6 cm³/mol. The van der Waals surface area contributed by atoms with E-state index in [-0.39, 0.29) is 30.7 Å².